The maximum Gasteiger partial charge on any atom is 0.307 e. The normalized spacial score (nSPS) is 22.9. The Kier molecular flexibility index (Phi) is 5.77. The van der Waals surface area contributed by atoms with E-state index in [-0.39, 0.29) is 17.3 Å². The Bertz CT molecular complexity index is 587. The summed E-state index contributed by atoms with van der Waals surface area (Å²) in [7, 11) is 0. The molecule has 2 aliphatic carbocycles. The van der Waals surface area contributed by atoms with E-state index in [1.54, 1.807) is 0 Å². The van der Waals surface area contributed by atoms with Gasteiger partial charge < -0.3 is 5.11 Å². The van der Waals surface area contributed by atoms with Gasteiger partial charge in [-0.25, -0.2) is 0 Å². The minimum absolute atomic E-state index is 0.281. The Balaban J connectivity index is 2.05. The number of carboxylic acid groups (broad SMARTS) is 1. The van der Waals surface area contributed by atoms with Crippen molar-refractivity contribution in [1.29, 1.82) is 0 Å². The molecule has 0 amide bonds. The highest BCUT2D eigenvalue weighted by Gasteiger charge is 2.48. The summed E-state index contributed by atoms with van der Waals surface area (Å²) in [6.45, 7) is 0. The third kappa shape index (κ3) is 3.46. The van der Waals surface area contributed by atoms with Gasteiger partial charge in [0, 0.05) is 5.41 Å². The Morgan fingerprint density at radius 2 is 1.62 bits per heavy atom. The van der Waals surface area contributed by atoms with Gasteiger partial charge in [0.05, 0.1) is 16.0 Å². The smallest absolute Gasteiger partial charge is 0.307 e. The molecule has 1 aromatic carbocycles. The van der Waals surface area contributed by atoms with Crippen molar-refractivity contribution in [3.8, 4) is 0 Å². The van der Waals surface area contributed by atoms with Gasteiger partial charge in [-0.05, 0) is 49.3 Å². The van der Waals surface area contributed by atoms with Gasteiger partial charge >= 0.3 is 5.97 Å². The zero-order chi connectivity index (χ0) is 17.2. The van der Waals surface area contributed by atoms with Crippen LogP contribution in [0.1, 0.15) is 69.8 Å². The average molecular weight is 369 g/mol. The molecule has 0 radical (unpaired) electrons. The maximum atomic E-state index is 12.4. The van der Waals surface area contributed by atoms with Gasteiger partial charge in [0.15, 0.2) is 0 Å². The topological polar surface area (TPSA) is 37.3 Å². The highest BCUT2D eigenvalue weighted by Crippen LogP contribution is 2.51. The summed E-state index contributed by atoms with van der Waals surface area (Å²) in [5, 5.41) is 11.2. The monoisotopic (exact) mass is 368 g/mol. The largest absolute Gasteiger partial charge is 0.481 e. The van der Waals surface area contributed by atoms with Crippen LogP contribution in [-0.2, 0) is 10.2 Å². The molecule has 1 unspecified atom stereocenters. The minimum Gasteiger partial charge on any atom is -0.481 e. The Morgan fingerprint density at radius 3 is 2.21 bits per heavy atom. The molecule has 0 heterocycles. The molecule has 3 rings (SSSR count). The molecular weight excluding hydrogens is 343 g/mol. The van der Waals surface area contributed by atoms with Crippen LogP contribution in [0.4, 0.5) is 0 Å². The zero-order valence-corrected chi connectivity index (χ0v) is 15.6. The molecule has 0 spiro atoms. The van der Waals surface area contributed by atoms with Crippen LogP contribution in [0.5, 0.6) is 0 Å². The number of carboxylic acids is 1. The molecule has 1 aromatic rings. The van der Waals surface area contributed by atoms with E-state index in [1.165, 1.54) is 12.8 Å². The first-order valence-corrected chi connectivity index (χ1v) is 9.98. The van der Waals surface area contributed by atoms with Gasteiger partial charge in [-0.3, -0.25) is 4.79 Å². The van der Waals surface area contributed by atoms with E-state index in [2.05, 4.69) is 0 Å². The second-order valence-corrected chi connectivity index (χ2v) is 8.37. The maximum absolute atomic E-state index is 12.4. The number of rotatable bonds is 4. The van der Waals surface area contributed by atoms with Gasteiger partial charge in [-0.15, -0.1) is 0 Å². The predicted octanol–water partition coefficient (Wildman–Crippen LogP) is 6.48. The van der Waals surface area contributed by atoms with Crippen molar-refractivity contribution in [3.63, 3.8) is 0 Å². The molecule has 2 saturated carbocycles. The summed E-state index contributed by atoms with van der Waals surface area (Å²) in [5.74, 6) is -0.658. The van der Waals surface area contributed by atoms with Crippen molar-refractivity contribution in [2.45, 2.75) is 69.6 Å². The Morgan fingerprint density at radius 1 is 1.00 bits per heavy atom. The fourth-order valence-corrected chi connectivity index (χ4v) is 5.42. The van der Waals surface area contributed by atoms with E-state index in [0.717, 1.165) is 56.9 Å². The minimum atomic E-state index is -0.630. The fourth-order valence-electron chi connectivity index (χ4n) is 5.12. The molecule has 24 heavy (non-hydrogen) atoms. The van der Waals surface area contributed by atoms with Crippen LogP contribution in [0.25, 0.3) is 0 Å². The number of hydrogen-bond acceptors (Lipinski definition) is 1. The van der Waals surface area contributed by atoms with Crippen molar-refractivity contribution in [3.05, 3.63) is 33.8 Å². The lowest BCUT2D eigenvalue weighted by Gasteiger charge is -2.46. The molecule has 0 aliphatic heterocycles. The van der Waals surface area contributed by atoms with E-state index in [4.69, 9.17) is 23.2 Å². The molecule has 1 N–H and O–H groups in total. The molecule has 2 nitrogen and oxygen atoms in total. The van der Waals surface area contributed by atoms with Crippen molar-refractivity contribution >= 4 is 29.2 Å². The summed E-state index contributed by atoms with van der Waals surface area (Å²) in [5.41, 5.74) is 0.787. The van der Waals surface area contributed by atoms with E-state index in [9.17, 15) is 9.90 Å². The van der Waals surface area contributed by atoms with Crippen molar-refractivity contribution in [2.75, 3.05) is 0 Å². The van der Waals surface area contributed by atoms with Gasteiger partial charge in [0.25, 0.3) is 0 Å². The molecule has 0 aromatic heterocycles. The van der Waals surface area contributed by atoms with Crippen molar-refractivity contribution in [1.82, 2.24) is 0 Å². The second-order valence-electron chi connectivity index (χ2n) is 7.56. The SMILES string of the molecule is O=C(O)C(C1CCCCC1)C1(c2ccc(Cl)c(Cl)c2)CCCCC1. The van der Waals surface area contributed by atoms with E-state index >= 15 is 0 Å². The molecule has 2 aliphatic rings. The molecule has 0 bridgehead atoms. The van der Waals surface area contributed by atoms with Gasteiger partial charge in [0.2, 0.25) is 0 Å². The van der Waals surface area contributed by atoms with Gasteiger partial charge in [0.1, 0.15) is 0 Å². The first-order chi connectivity index (χ1) is 11.5. The van der Waals surface area contributed by atoms with Gasteiger partial charge in [-0.2, -0.15) is 0 Å². The van der Waals surface area contributed by atoms with Crippen molar-refractivity contribution in [2.24, 2.45) is 11.8 Å². The van der Waals surface area contributed by atoms with Crippen LogP contribution in [0.15, 0.2) is 18.2 Å². The highest BCUT2D eigenvalue weighted by molar-refractivity contribution is 6.42. The molecule has 4 heteroatoms. The lowest BCUT2D eigenvalue weighted by molar-refractivity contribution is -0.148. The summed E-state index contributed by atoms with van der Waals surface area (Å²) >= 11 is 12.4. The third-order valence-electron chi connectivity index (χ3n) is 6.22. The first kappa shape index (κ1) is 18.1. The summed E-state index contributed by atoms with van der Waals surface area (Å²) < 4.78 is 0. The standard InChI is InChI=1S/C20H26Cl2O2/c21-16-10-9-15(13-17(16)22)20(11-5-2-6-12-20)18(19(23)24)14-7-3-1-4-8-14/h9-10,13-14,18H,1-8,11-12H2,(H,23,24). The van der Waals surface area contributed by atoms with Crippen LogP contribution in [0, 0.1) is 11.8 Å². The van der Waals surface area contributed by atoms with Crippen LogP contribution < -0.4 is 0 Å². The van der Waals surface area contributed by atoms with Crippen LogP contribution in [-0.4, -0.2) is 11.1 Å². The second kappa shape index (κ2) is 7.66. The number of aliphatic carboxylic acids is 1. The Labute approximate surface area is 154 Å². The summed E-state index contributed by atoms with van der Waals surface area (Å²) in [6, 6.07) is 5.77. The number of hydrogen-bond donors (Lipinski definition) is 1. The lowest BCUT2D eigenvalue weighted by Crippen LogP contribution is -2.46. The lowest BCUT2D eigenvalue weighted by atomic mass is 9.57. The van der Waals surface area contributed by atoms with E-state index in [0.29, 0.717) is 10.0 Å². The number of benzene rings is 1. The van der Waals surface area contributed by atoms with E-state index in [1.807, 2.05) is 18.2 Å². The van der Waals surface area contributed by atoms with Gasteiger partial charge in [-0.1, -0.05) is 67.8 Å². The number of halogens is 2. The molecule has 132 valence electrons. The molecular formula is C20H26Cl2O2. The molecule has 0 saturated heterocycles. The molecule has 2 fully saturated rings. The quantitative estimate of drug-likeness (QED) is 0.660. The number of carbonyl (C=O) groups is 1. The zero-order valence-electron chi connectivity index (χ0n) is 14.1. The fraction of sp³-hybridized carbons (Fsp3) is 0.650. The third-order valence-corrected chi connectivity index (χ3v) is 6.96. The van der Waals surface area contributed by atoms with Crippen molar-refractivity contribution < 1.29 is 9.90 Å². The van der Waals surface area contributed by atoms with E-state index < -0.39 is 5.97 Å². The first-order valence-electron chi connectivity index (χ1n) is 9.23. The van der Waals surface area contributed by atoms with Crippen LogP contribution in [0.3, 0.4) is 0 Å². The van der Waals surface area contributed by atoms with Crippen LogP contribution in [0.2, 0.25) is 10.0 Å². The average Bonchev–Trinajstić information content (AvgIpc) is 2.59. The highest BCUT2D eigenvalue weighted by atomic mass is 35.5. The van der Waals surface area contributed by atoms with Crippen LogP contribution >= 0.6 is 23.2 Å². The summed E-state index contributed by atoms with van der Waals surface area (Å²) in [6.07, 6.45) is 10.9. The predicted molar refractivity (Wildman–Crippen MR) is 98.9 cm³/mol. The Hall–Kier alpha value is -0.730. The summed E-state index contributed by atoms with van der Waals surface area (Å²) in [4.78, 5) is 12.4. The molecule has 1 atom stereocenters.